The molecule has 1 aromatic heterocycles. The molecule has 2 aromatic rings. The zero-order valence-corrected chi connectivity index (χ0v) is 12.7. The number of aromatic nitrogens is 1. The van der Waals surface area contributed by atoms with Crippen LogP contribution in [0.25, 0.3) is 10.9 Å². The number of alkyl halides is 1. The summed E-state index contributed by atoms with van der Waals surface area (Å²) in [6, 6.07) is 4.67. The van der Waals surface area contributed by atoms with Gasteiger partial charge in [0.2, 0.25) is 11.8 Å². The van der Waals surface area contributed by atoms with E-state index in [0.29, 0.717) is 5.75 Å². The summed E-state index contributed by atoms with van der Waals surface area (Å²) in [4.78, 5) is 28.2. The zero-order valence-electron chi connectivity index (χ0n) is 12.7. The molecule has 3 rings (SSSR count). The van der Waals surface area contributed by atoms with Crippen molar-refractivity contribution >= 4 is 22.7 Å². The number of amides is 2. The highest BCUT2D eigenvalue weighted by atomic mass is 19.1. The van der Waals surface area contributed by atoms with Crippen LogP contribution in [0.4, 0.5) is 4.39 Å². The summed E-state index contributed by atoms with van der Waals surface area (Å²) in [6.07, 6.45) is 0.539. The summed E-state index contributed by atoms with van der Waals surface area (Å²) in [5, 5.41) is 0.815. The molecule has 1 aromatic carbocycles. The molecule has 2 amide bonds. The fourth-order valence-electron chi connectivity index (χ4n) is 3.12. The van der Waals surface area contributed by atoms with Crippen LogP contribution < -0.4 is 10.5 Å². The summed E-state index contributed by atoms with van der Waals surface area (Å²) >= 11 is 0. The van der Waals surface area contributed by atoms with Crippen molar-refractivity contribution in [1.82, 2.24) is 9.88 Å². The number of methoxy groups -OCH3 is 1. The first-order valence-electron chi connectivity index (χ1n) is 7.37. The number of nitrogens with two attached hydrogens (primary N) is 1. The van der Waals surface area contributed by atoms with Crippen LogP contribution >= 0.6 is 0 Å². The molecular weight excluding hydrogens is 301 g/mol. The molecule has 2 heterocycles. The Morgan fingerprint density at radius 2 is 2.26 bits per heavy atom. The molecule has 0 aliphatic carbocycles. The Balaban J connectivity index is 1.87. The first kappa shape index (κ1) is 15.3. The van der Waals surface area contributed by atoms with Crippen LogP contribution in [0, 0.1) is 0 Å². The maximum atomic E-state index is 13.6. The molecule has 2 atom stereocenters. The number of hydrogen-bond donors (Lipinski definition) is 2. The van der Waals surface area contributed by atoms with Crippen molar-refractivity contribution in [3.63, 3.8) is 0 Å². The molecule has 1 aliphatic heterocycles. The summed E-state index contributed by atoms with van der Waals surface area (Å²) in [5.41, 5.74) is 6.87. The van der Waals surface area contributed by atoms with Gasteiger partial charge in [-0.25, -0.2) is 4.39 Å². The van der Waals surface area contributed by atoms with Gasteiger partial charge in [0.15, 0.2) is 0 Å². The molecule has 0 radical (unpaired) electrons. The van der Waals surface area contributed by atoms with Crippen LogP contribution in [0.15, 0.2) is 24.4 Å². The number of halogens is 1. The number of rotatable bonds is 4. The molecule has 122 valence electrons. The van der Waals surface area contributed by atoms with Gasteiger partial charge in [0.25, 0.3) is 0 Å². The van der Waals surface area contributed by atoms with Crippen LogP contribution in [0.3, 0.4) is 0 Å². The van der Waals surface area contributed by atoms with E-state index in [4.69, 9.17) is 10.5 Å². The number of likely N-dealkylation sites (tertiary alicyclic amines) is 1. The molecule has 0 unspecified atom stereocenters. The van der Waals surface area contributed by atoms with Crippen LogP contribution in [0.2, 0.25) is 0 Å². The first-order valence-corrected chi connectivity index (χ1v) is 7.37. The van der Waals surface area contributed by atoms with E-state index in [0.717, 1.165) is 16.5 Å². The lowest BCUT2D eigenvalue weighted by Crippen LogP contribution is -2.44. The van der Waals surface area contributed by atoms with Crippen molar-refractivity contribution in [3.05, 3.63) is 30.0 Å². The number of hydrogen-bond acceptors (Lipinski definition) is 3. The summed E-state index contributed by atoms with van der Waals surface area (Å²) in [7, 11) is 1.56. The lowest BCUT2D eigenvalue weighted by Gasteiger charge is -2.21. The molecule has 7 heteroatoms. The summed E-state index contributed by atoms with van der Waals surface area (Å²) < 4.78 is 18.9. The average molecular weight is 319 g/mol. The van der Waals surface area contributed by atoms with Gasteiger partial charge >= 0.3 is 0 Å². The second-order valence-electron chi connectivity index (χ2n) is 5.67. The Labute approximate surface area is 132 Å². The highest BCUT2D eigenvalue weighted by Gasteiger charge is 2.38. The molecule has 1 aliphatic rings. The molecule has 6 nitrogen and oxygen atoms in total. The third-order valence-corrected chi connectivity index (χ3v) is 4.21. The predicted octanol–water partition coefficient (Wildman–Crippen LogP) is 1.14. The Morgan fingerprint density at radius 1 is 1.48 bits per heavy atom. The van der Waals surface area contributed by atoms with Gasteiger partial charge in [0.1, 0.15) is 18.0 Å². The van der Waals surface area contributed by atoms with Gasteiger partial charge in [-0.1, -0.05) is 6.07 Å². The minimum atomic E-state index is -1.21. The number of nitrogens with one attached hydrogen (secondary N) is 1. The van der Waals surface area contributed by atoms with Crippen molar-refractivity contribution < 1.29 is 18.7 Å². The number of nitrogens with zero attached hydrogens (tertiary/aromatic N) is 1. The average Bonchev–Trinajstić information content (AvgIpc) is 3.11. The zero-order chi connectivity index (χ0) is 16.6. The number of fused-ring (bicyclic) bond motifs is 1. The first-order chi connectivity index (χ1) is 11.0. The van der Waals surface area contributed by atoms with Crippen molar-refractivity contribution in [2.75, 3.05) is 13.7 Å². The number of carbonyl (C=O) groups is 2. The topological polar surface area (TPSA) is 88.4 Å². The molecule has 3 N–H and O–H groups in total. The number of ether oxygens (including phenoxy) is 1. The summed E-state index contributed by atoms with van der Waals surface area (Å²) in [6.45, 7) is -0.0913. The van der Waals surface area contributed by atoms with Crippen LogP contribution in [0.5, 0.6) is 5.75 Å². The molecule has 0 bridgehead atoms. The maximum Gasteiger partial charge on any atom is 0.240 e. The van der Waals surface area contributed by atoms with E-state index in [1.807, 2.05) is 18.2 Å². The number of benzene rings is 1. The SMILES string of the molecule is COc1cccc2[nH]cc(CC(=O)N3C[C@H](F)C[C@H]3C(N)=O)c12. The fraction of sp³-hybridized carbons (Fsp3) is 0.375. The molecule has 1 fully saturated rings. The third kappa shape index (κ3) is 2.74. The Kier molecular flexibility index (Phi) is 3.94. The number of carbonyl (C=O) groups excluding carboxylic acids is 2. The third-order valence-electron chi connectivity index (χ3n) is 4.21. The largest absolute Gasteiger partial charge is 0.496 e. The molecule has 23 heavy (non-hydrogen) atoms. The van der Waals surface area contributed by atoms with E-state index in [2.05, 4.69) is 4.98 Å². The summed E-state index contributed by atoms with van der Waals surface area (Å²) in [5.74, 6) is -0.335. The van der Waals surface area contributed by atoms with E-state index >= 15 is 0 Å². The van der Waals surface area contributed by atoms with Gasteiger partial charge in [-0.05, 0) is 17.7 Å². The minimum absolute atomic E-state index is 0.0295. The monoisotopic (exact) mass is 319 g/mol. The van der Waals surface area contributed by atoms with Gasteiger partial charge in [-0.15, -0.1) is 0 Å². The Hall–Kier alpha value is -2.57. The molecule has 1 saturated heterocycles. The highest BCUT2D eigenvalue weighted by Crippen LogP contribution is 2.30. The van der Waals surface area contributed by atoms with E-state index in [9.17, 15) is 14.0 Å². The van der Waals surface area contributed by atoms with Crippen LogP contribution in [-0.4, -0.2) is 47.6 Å². The fourth-order valence-corrected chi connectivity index (χ4v) is 3.12. The van der Waals surface area contributed by atoms with Gasteiger partial charge in [0.05, 0.1) is 20.1 Å². The van der Waals surface area contributed by atoms with E-state index in [-0.39, 0.29) is 25.3 Å². The molecule has 0 spiro atoms. The standard InChI is InChI=1S/C16H18FN3O3/c1-23-13-4-2-3-11-15(13)9(7-19-11)5-14(21)20-8-10(17)6-12(20)16(18)22/h2-4,7,10,12,19H,5-6,8H2,1H3,(H2,18,22)/t10-,12+/m1/s1. The van der Waals surface area contributed by atoms with Gasteiger partial charge < -0.3 is 20.4 Å². The smallest absolute Gasteiger partial charge is 0.240 e. The second kappa shape index (κ2) is 5.91. The predicted molar refractivity (Wildman–Crippen MR) is 82.8 cm³/mol. The number of aromatic amines is 1. The van der Waals surface area contributed by atoms with Crippen molar-refractivity contribution in [2.24, 2.45) is 5.73 Å². The van der Waals surface area contributed by atoms with Crippen LogP contribution in [0.1, 0.15) is 12.0 Å². The van der Waals surface area contributed by atoms with Gasteiger partial charge in [-0.2, -0.15) is 0 Å². The van der Waals surface area contributed by atoms with E-state index in [1.54, 1.807) is 13.3 Å². The maximum absolute atomic E-state index is 13.6. The number of primary amides is 1. The van der Waals surface area contributed by atoms with Gasteiger partial charge in [0, 0.05) is 23.5 Å². The van der Waals surface area contributed by atoms with Crippen LogP contribution in [-0.2, 0) is 16.0 Å². The minimum Gasteiger partial charge on any atom is -0.496 e. The van der Waals surface area contributed by atoms with Gasteiger partial charge in [-0.3, -0.25) is 9.59 Å². The quantitative estimate of drug-likeness (QED) is 0.886. The molecule has 0 saturated carbocycles. The van der Waals surface area contributed by atoms with Crippen molar-refractivity contribution in [1.29, 1.82) is 0 Å². The Bertz CT molecular complexity index is 758. The Morgan fingerprint density at radius 3 is 2.96 bits per heavy atom. The number of H-pyrrole nitrogens is 1. The van der Waals surface area contributed by atoms with Crippen molar-refractivity contribution in [2.45, 2.75) is 25.1 Å². The lowest BCUT2D eigenvalue weighted by molar-refractivity contribution is -0.136. The normalized spacial score (nSPS) is 20.9. The highest BCUT2D eigenvalue weighted by molar-refractivity contribution is 5.94. The van der Waals surface area contributed by atoms with E-state index < -0.39 is 18.1 Å². The lowest BCUT2D eigenvalue weighted by atomic mass is 10.1. The van der Waals surface area contributed by atoms with Crippen molar-refractivity contribution in [3.8, 4) is 5.75 Å². The second-order valence-corrected chi connectivity index (χ2v) is 5.67. The molecular formula is C16H18FN3O3. The van der Waals surface area contributed by atoms with E-state index in [1.165, 1.54) is 4.90 Å².